The van der Waals surface area contributed by atoms with Gasteiger partial charge in [-0.25, -0.2) is 0 Å². The molecule has 2 N–H and O–H groups in total. The number of aryl methyl sites for hydroxylation is 1. The number of hydrogen-bond acceptors (Lipinski definition) is 3. The van der Waals surface area contributed by atoms with E-state index in [1.54, 1.807) is 0 Å². The largest absolute Gasteiger partial charge is 0.393 e. The molecule has 1 aliphatic rings. The maximum absolute atomic E-state index is 9.42. The molecule has 3 heteroatoms. The standard InChI is InChI=1S/C13H20N2O/c1-10-3-2-6-15-13(10)9-14-8-11-4-5-12(16)7-11/h2-3,6,11-12,14,16H,4-5,7-9H2,1H3. The van der Waals surface area contributed by atoms with Gasteiger partial charge in [0.15, 0.2) is 0 Å². The Bertz CT molecular complexity index is 340. The van der Waals surface area contributed by atoms with E-state index in [0.717, 1.165) is 38.0 Å². The highest BCUT2D eigenvalue weighted by molar-refractivity contribution is 5.17. The van der Waals surface area contributed by atoms with Crippen molar-refractivity contribution in [2.24, 2.45) is 5.92 Å². The maximum Gasteiger partial charge on any atom is 0.0570 e. The number of aliphatic hydroxyl groups is 1. The Morgan fingerprint density at radius 1 is 1.50 bits per heavy atom. The zero-order valence-electron chi connectivity index (χ0n) is 9.82. The highest BCUT2D eigenvalue weighted by Crippen LogP contribution is 2.24. The minimum absolute atomic E-state index is 0.0663. The van der Waals surface area contributed by atoms with Gasteiger partial charge in [0, 0.05) is 12.7 Å². The highest BCUT2D eigenvalue weighted by Gasteiger charge is 2.21. The van der Waals surface area contributed by atoms with Gasteiger partial charge in [-0.1, -0.05) is 6.07 Å². The van der Waals surface area contributed by atoms with Crippen molar-refractivity contribution in [2.45, 2.75) is 38.8 Å². The molecular formula is C13H20N2O. The first-order valence-corrected chi connectivity index (χ1v) is 6.05. The molecular weight excluding hydrogens is 200 g/mol. The van der Waals surface area contributed by atoms with E-state index in [0.29, 0.717) is 5.92 Å². The van der Waals surface area contributed by atoms with E-state index in [1.165, 1.54) is 5.56 Å². The molecule has 1 heterocycles. The van der Waals surface area contributed by atoms with Gasteiger partial charge in [0.25, 0.3) is 0 Å². The zero-order chi connectivity index (χ0) is 11.4. The summed E-state index contributed by atoms with van der Waals surface area (Å²) in [5.74, 6) is 0.638. The van der Waals surface area contributed by atoms with Gasteiger partial charge in [-0.2, -0.15) is 0 Å². The van der Waals surface area contributed by atoms with Crippen molar-refractivity contribution in [3.8, 4) is 0 Å². The fourth-order valence-corrected chi connectivity index (χ4v) is 2.33. The fourth-order valence-electron chi connectivity index (χ4n) is 2.33. The second kappa shape index (κ2) is 5.41. The molecule has 0 radical (unpaired) electrons. The Balaban J connectivity index is 1.74. The van der Waals surface area contributed by atoms with Crippen molar-refractivity contribution in [2.75, 3.05) is 6.54 Å². The molecule has 0 aromatic carbocycles. The molecule has 1 aromatic heterocycles. The van der Waals surface area contributed by atoms with Crippen molar-refractivity contribution in [3.05, 3.63) is 29.6 Å². The van der Waals surface area contributed by atoms with Crippen LogP contribution in [0.25, 0.3) is 0 Å². The van der Waals surface area contributed by atoms with E-state index in [4.69, 9.17) is 0 Å². The number of pyridine rings is 1. The van der Waals surface area contributed by atoms with Crippen LogP contribution in [0.4, 0.5) is 0 Å². The van der Waals surface area contributed by atoms with Crippen LogP contribution in [-0.4, -0.2) is 22.7 Å². The Morgan fingerprint density at radius 3 is 3.06 bits per heavy atom. The fraction of sp³-hybridized carbons (Fsp3) is 0.615. The third-order valence-corrected chi connectivity index (χ3v) is 3.36. The van der Waals surface area contributed by atoms with Crippen molar-refractivity contribution in [3.63, 3.8) is 0 Å². The minimum atomic E-state index is -0.0663. The molecule has 1 saturated carbocycles. The summed E-state index contributed by atoms with van der Waals surface area (Å²) in [4.78, 5) is 4.35. The zero-order valence-corrected chi connectivity index (χ0v) is 9.82. The second-order valence-corrected chi connectivity index (χ2v) is 4.73. The van der Waals surface area contributed by atoms with Crippen LogP contribution in [0.15, 0.2) is 18.3 Å². The van der Waals surface area contributed by atoms with Crippen molar-refractivity contribution in [1.29, 1.82) is 0 Å². The maximum atomic E-state index is 9.42. The van der Waals surface area contributed by atoms with Crippen LogP contribution in [0.3, 0.4) is 0 Å². The van der Waals surface area contributed by atoms with E-state index in [-0.39, 0.29) is 6.10 Å². The summed E-state index contributed by atoms with van der Waals surface area (Å²) in [5.41, 5.74) is 2.36. The molecule has 3 nitrogen and oxygen atoms in total. The van der Waals surface area contributed by atoms with Gasteiger partial charge in [0.2, 0.25) is 0 Å². The Morgan fingerprint density at radius 2 is 2.38 bits per heavy atom. The first kappa shape index (κ1) is 11.6. The number of hydrogen-bond donors (Lipinski definition) is 2. The summed E-state index contributed by atoms with van der Waals surface area (Å²) in [6.07, 6.45) is 4.84. The molecule has 16 heavy (non-hydrogen) atoms. The quantitative estimate of drug-likeness (QED) is 0.811. The van der Waals surface area contributed by atoms with Gasteiger partial charge in [0.1, 0.15) is 0 Å². The van der Waals surface area contributed by atoms with E-state index in [2.05, 4.69) is 23.3 Å². The lowest BCUT2D eigenvalue weighted by Gasteiger charge is -2.11. The summed E-state index contributed by atoms with van der Waals surface area (Å²) in [6, 6.07) is 4.05. The molecule has 2 rings (SSSR count). The molecule has 1 aromatic rings. The van der Waals surface area contributed by atoms with Crippen LogP contribution in [0.5, 0.6) is 0 Å². The lowest BCUT2D eigenvalue weighted by Crippen LogP contribution is -2.22. The molecule has 1 fully saturated rings. The van der Waals surface area contributed by atoms with Crippen LogP contribution in [-0.2, 0) is 6.54 Å². The summed E-state index contributed by atoms with van der Waals surface area (Å²) in [5, 5.41) is 12.9. The van der Waals surface area contributed by atoms with Crippen molar-refractivity contribution in [1.82, 2.24) is 10.3 Å². The topological polar surface area (TPSA) is 45.2 Å². The third-order valence-electron chi connectivity index (χ3n) is 3.36. The van der Waals surface area contributed by atoms with Crippen LogP contribution >= 0.6 is 0 Å². The Labute approximate surface area is 96.9 Å². The molecule has 1 aliphatic carbocycles. The molecule has 2 unspecified atom stereocenters. The molecule has 0 bridgehead atoms. The van der Waals surface area contributed by atoms with Gasteiger partial charge in [-0.15, -0.1) is 0 Å². The van der Waals surface area contributed by atoms with Crippen molar-refractivity contribution < 1.29 is 5.11 Å². The summed E-state index contributed by atoms with van der Waals surface area (Å²) in [7, 11) is 0. The normalized spacial score (nSPS) is 24.9. The van der Waals surface area contributed by atoms with Crippen LogP contribution in [0, 0.1) is 12.8 Å². The summed E-state index contributed by atoms with van der Waals surface area (Å²) >= 11 is 0. The molecule has 2 atom stereocenters. The second-order valence-electron chi connectivity index (χ2n) is 4.73. The van der Waals surface area contributed by atoms with E-state index in [1.807, 2.05) is 12.3 Å². The molecule has 0 amide bonds. The van der Waals surface area contributed by atoms with E-state index < -0.39 is 0 Å². The smallest absolute Gasteiger partial charge is 0.0570 e. The summed E-state index contributed by atoms with van der Waals surface area (Å²) < 4.78 is 0. The SMILES string of the molecule is Cc1cccnc1CNCC1CCC(O)C1. The third kappa shape index (κ3) is 3.03. The number of rotatable bonds is 4. The first-order chi connectivity index (χ1) is 7.75. The number of nitrogens with one attached hydrogen (secondary N) is 1. The van der Waals surface area contributed by atoms with Gasteiger partial charge in [-0.3, -0.25) is 4.98 Å². The van der Waals surface area contributed by atoms with Gasteiger partial charge < -0.3 is 10.4 Å². The average Bonchev–Trinajstić information content (AvgIpc) is 2.67. The molecule has 0 saturated heterocycles. The Hall–Kier alpha value is -0.930. The number of nitrogens with zero attached hydrogens (tertiary/aromatic N) is 1. The van der Waals surface area contributed by atoms with Crippen LogP contribution < -0.4 is 5.32 Å². The average molecular weight is 220 g/mol. The molecule has 0 spiro atoms. The van der Waals surface area contributed by atoms with Crippen LogP contribution in [0.2, 0.25) is 0 Å². The monoisotopic (exact) mass is 220 g/mol. The number of aliphatic hydroxyl groups excluding tert-OH is 1. The van der Waals surface area contributed by atoms with E-state index >= 15 is 0 Å². The molecule has 88 valence electrons. The van der Waals surface area contributed by atoms with Gasteiger partial charge >= 0.3 is 0 Å². The van der Waals surface area contributed by atoms with Gasteiger partial charge in [-0.05, 0) is 50.3 Å². The van der Waals surface area contributed by atoms with Crippen LogP contribution in [0.1, 0.15) is 30.5 Å². The van der Waals surface area contributed by atoms with Gasteiger partial charge in [0.05, 0.1) is 11.8 Å². The first-order valence-electron chi connectivity index (χ1n) is 6.05. The highest BCUT2D eigenvalue weighted by atomic mass is 16.3. The number of aromatic nitrogens is 1. The lowest BCUT2D eigenvalue weighted by atomic mass is 10.1. The summed E-state index contributed by atoms with van der Waals surface area (Å²) in [6.45, 7) is 3.91. The Kier molecular flexibility index (Phi) is 3.91. The lowest BCUT2D eigenvalue weighted by molar-refractivity contribution is 0.177. The van der Waals surface area contributed by atoms with Crippen molar-refractivity contribution >= 4 is 0 Å². The minimum Gasteiger partial charge on any atom is -0.393 e. The van der Waals surface area contributed by atoms with E-state index in [9.17, 15) is 5.11 Å². The predicted octanol–water partition coefficient (Wildman–Crippen LogP) is 1.64. The molecule has 0 aliphatic heterocycles. The predicted molar refractivity (Wildman–Crippen MR) is 64.0 cm³/mol.